The van der Waals surface area contributed by atoms with Gasteiger partial charge in [0.15, 0.2) is 0 Å². The molecule has 2 N–H and O–H groups in total. The number of hydrogen-bond acceptors (Lipinski definition) is 3. The predicted octanol–water partition coefficient (Wildman–Crippen LogP) is 3.42. The highest BCUT2D eigenvalue weighted by Gasteiger charge is 2.41. The van der Waals surface area contributed by atoms with E-state index in [0.29, 0.717) is 5.56 Å². The van der Waals surface area contributed by atoms with Gasteiger partial charge < -0.3 is 15.3 Å². The number of carbonyl (C=O) groups is 2. The van der Waals surface area contributed by atoms with E-state index >= 15 is 0 Å². The second kappa shape index (κ2) is 7.85. The highest BCUT2D eigenvalue weighted by atomic mass is 16.3. The fourth-order valence-corrected chi connectivity index (χ4v) is 4.60. The number of fused-ring (bicyclic) bond motifs is 6. The first-order valence-electron chi connectivity index (χ1n) is 10.4. The molecule has 0 saturated heterocycles. The molecule has 0 spiro atoms. The summed E-state index contributed by atoms with van der Waals surface area (Å²) in [5.41, 5.74) is 5.73. The van der Waals surface area contributed by atoms with Crippen molar-refractivity contribution < 1.29 is 14.7 Å². The molecular formula is C26H22N2O3. The predicted molar refractivity (Wildman–Crippen MR) is 119 cm³/mol. The zero-order valence-corrected chi connectivity index (χ0v) is 16.9. The Labute approximate surface area is 180 Å². The molecule has 5 nitrogen and oxygen atoms in total. The first kappa shape index (κ1) is 19.3. The first-order valence-corrected chi connectivity index (χ1v) is 10.4. The number of hydrogen-bond donors (Lipinski definition) is 2. The average molecular weight is 410 g/mol. The lowest BCUT2D eigenvalue weighted by molar-refractivity contribution is -0.134. The Kier molecular flexibility index (Phi) is 4.88. The minimum atomic E-state index is -0.802. The molecule has 3 aromatic rings. The molecule has 1 aliphatic heterocycles. The zero-order chi connectivity index (χ0) is 21.4. The van der Waals surface area contributed by atoms with Crippen LogP contribution in [-0.2, 0) is 4.79 Å². The van der Waals surface area contributed by atoms with Crippen molar-refractivity contribution in [3.8, 4) is 11.1 Å². The molecule has 0 unspecified atom stereocenters. The van der Waals surface area contributed by atoms with Crippen LogP contribution >= 0.6 is 0 Å². The summed E-state index contributed by atoms with van der Waals surface area (Å²) in [7, 11) is 0. The molecule has 2 aliphatic rings. The Morgan fingerprint density at radius 3 is 2.26 bits per heavy atom. The van der Waals surface area contributed by atoms with Crippen LogP contribution in [0.4, 0.5) is 0 Å². The quantitative estimate of drug-likeness (QED) is 0.692. The number of aliphatic hydroxyl groups excluding tert-OH is 1. The van der Waals surface area contributed by atoms with E-state index in [4.69, 9.17) is 0 Å². The lowest BCUT2D eigenvalue weighted by Gasteiger charge is -2.43. The number of benzene rings is 3. The van der Waals surface area contributed by atoms with Gasteiger partial charge in [0.25, 0.3) is 5.91 Å². The third-order valence-electron chi connectivity index (χ3n) is 5.95. The average Bonchev–Trinajstić information content (AvgIpc) is 2.82. The van der Waals surface area contributed by atoms with Crippen molar-refractivity contribution in [1.29, 1.82) is 0 Å². The van der Waals surface area contributed by atoms with E-state index < -0.39 is 6.04 Å². The Balaban J connectivity index is 1.62. The normalized spacial score (nSPS) is 19.1. The van der Waals surface area contributed by atoms with Crippen molar-refractivity contribution in [2.24, 2.45) is 0 Å². The summed E-state index contributed by atoms with van der Waals surface area (Å²) in [5, 5.41) is 12.6. The molecular weight excluding hydrogens is 388 g/mol. The molecule has 3 aromatic carbocycles. The van der Waals surface area contributed by atoms with E-state index in [1.54, 1.807) is 29.2 Å². The molecule has 2 atom stereocenters. The Morgan fingerprint density at radius 1 is 0.871 bits per heavy atom. The van der Waals surface area contributed by atoms with Gasteiger partial charge in [-0.3, -0.25) is 9.59 Å². The van der Waals surface area contributed by atoms with Crippen molar-refractivity contribution in [1.82, 2.24) is 10.2 Å². The van der Waals surface area contributed by atoms with Gasteiger partial charge in [0, 0.05) is 12.1 Å². The summed E-state index contributed by atoms with van der Waals surface area (Å²) >= 11 is 0. The number of aliphatic hydroxyl groups is 1. The lowest BCUT2D eigenvalue weighted by Crippen LogP contribution is -2.53. The van der Waals surface area contributed by atoms with Gasteiger partial charge in [-0.05, 0) is 46.0 Å². The SMILES string of the molecule is O=C(N[C@@H]1C=C2c3ccccc3-c3ccccc3[C@@H]2N(CCO)C1=O)c1ccccc1. The number of nitrogens with zero attached hydrogens (tertiary/aromatic N) is 1. The molecule has 0 fully saturated rings. The number of amides is 2. The first-order chi connectivity index (χ1) is 15.2. The molecule has 0 radical (unpaired) electrons. The van der Waals surface area contributed by atoms with Crippen LogP contribution < -0.4 is 5.32 Å². The van der Waals surface area contributed by atoms with Crippen molar-refractivity contribution in [3.63, 3.8) is 0 Å². The second-order valence-electron chi connectivity index (χ2n) is 7.73. The Morgan fingerprint density at radius 2 is 1.52 bits per heavy atom. The molecule has 154 valence electrons. The van der Waals surface area contributed by atoms with Gasteiger partial charge in [-0.1, -0.05) is 66.7 Å². The van der Waals surface area contributed by atoms with E-state index in [1.165, 1.54) is 0 Å². The topological polar surface area (TPSA) is 69.6 Å². The molecule has 0 bridgehead atoms. The van der Waals surface area contributed by atoms with E-state index in [0.717, 1.165) is 27.8 Å². The van der Waals surface area contributed by atoms with E-state index in [2.05, 4.69) is 17.4 Å². The fraction of sp³-hybridized carbons (Fsp3) is 0.154. The van der Waals surface area contributed by atoms with E-state index in [-0.39, 0.29) is 31.0 Å². The van der Waals surface area contributed by atoms with Crippen LogP contribution in [0.1, 0.15) is 27.5 Å². The summed E-state index contributed by atoms with van der Waals surface area (Å²) in [6.07, 6.45) is 1.87. The maximum atomic E-state index is 13.4. The van der Waals surface area contributed by atoms with Gasteiger partial charge in [0.05, 0.1) is 12.6 Å². The fourth-order valence-electron chi connectivity index (χ4n) is 4.60. The largest absolute Gasteiger partial charge is 0.395 e. The van der Waals surface area contributed by atoms with Crippen LogP contribution in [0.2, 0.25) is 0 Å². The number of carbonyl (C=O) groups excluding carboxylic acids is 2. The molecule has 2 amide bonds. The lowest BCUT2D eigenvalue weighted by atomic mass is 9.76. The summed E-state index contributed by atoms with van der Waals surface area (Å²) in [4.78, 5) is 27.9. The Hall–Kier alpha value is -3.70. The van der Waals surface area contributed by atoms with Gasteiger partial charge >= 0.3 is 0 Å². The van der Waals surface area contributed by atoms with Crippen LogP contribution in [0.5, 0.6) is 0 Å². The maximum absolute atomic E-state index is 13.4. The Bertz CT molecular complexity index is 1190. The van der Waals surface area contributed by atoms with Crippen LogP contribution in [0, 0.1) is 0 Å². The number of β-amino-alcohol motifs (C(OH)–C–C–N with tert-alkyl or cyclic N) is 1. The summed E-state index contributed by atoms with van der Waals surface area (Å²) in [5.74, 6) is -0.524. The molecule has 5 heteroatoms. The van der Waals surface area contributed by atoms with Crippen LogP contribution in [0.25, 0.3) is 16.7 Å². The summed E-state index contributed by atoms with van der Waals surface area (Å²) < 4.78 is 0. The van der Waals surface area contributed by atoms with Gasteiger partial charge in [0.1, 0.15) is 6.04 Å². The third kappa shape index (κ3) is 3.23. The van der Waals surface area contributed by atoms with Gasteiger partial charge in [0.2, 0.25) is 5.91 Å². The summed E-state index contributed by atoms with van der Waals surface area (Å²) in [6, 6.07) is 23.9. The van der Waals surface area contributed by atoms with Crippen LogP contribution in [0.3, 0.4) is 0 Å². The third-order valence-corrected chi connectivity index (χ3v) is 5.95. The van der Waals surface area contributed by atoms with Gasteiger partial charge in [-0.2, -0.15) is 0 Å². The summed E-state index contributed by atoms with van der Waals surface area (Å²) in [6.45, 7) is 0.0355. The standard InChI is InChI=1S/C26H22N2O3/c29-15-14-28-24-21-13-7-6-11-19(21)18-10-4-5-12-20(18)22(24)16-23(26(28)31)27-25(30)17-8-2-1-3-9-17/h1-13,16,23-24,29H,14-15H2,(H,27,30)/t23-,24+/m1/s1. The smallest absolute Gasteiger partial charge is 0.252 e. The molecule has 5 rings (SSSR count). The van der Waals surface area contributed by atoms with Crippen molar-refractivity contribution in [2.45, 2.75) is 12.1 Å². The molecule has 0 saturated carbocycles. The van der Waals surface area contributed by atoms with Crippen molar-refractivity contribution in [3.05, 3.63) is 102 Å². The minimum Gasteiger partial charge on any atom is -0.395 e. The maximum Gasteiger partial charge on any atom is 0.252 e. The molecule has 1 aliphatic carbocycles. The van der Waals surface area contributed by atoms with Crippen molar-refractivity contribution in [2.75, 3.05) is 13.2 Å². The minimum absolute atomic E-state index is 0.154. The zero-order valence-electron chi connectivity index (χ0n) is 16.9. The van der Waals surface area contributed by atoms with E-state index in [1.807, 2.05) is 48.5 Å². The second-order valence-corrected chi connectivity index (χ2v) is 7.73. The monoisotopic (exact) mass is 410 g/mol. The number of rotatable bonds is 4. The van der Waals surface area contributed by atoms with Crippen LogP contribution in [-0.4, -0.2) is 41.0 Å². The van der Waals surface area contributed by atoms with Crippen molar-refractivity contribution >= 4 is 17.4 Å². The van der Waals surface area contributed by atoms with Gasteiger partial charge in [-0.25, -0.2) is 0 Å². The molecule has 1 heterocycles. The highest BCUT2D eigenvalue weighted by molar-refractivity contribution is 6.02. The molecule has 0 aromatic heterocycles. The molecule has 31 heavy (non-hydrogen) atoms. The van der Waals surface area contributed by atoms with Crippen LogP contribution in [0.15, 0.2) is 84.9 Å². The van der Waals surface area contributed by atoms with Gasteiger partial charge in [-0.15, -0.1) is 0 Å². The number of nitrogens with one attached hydrogen (secondary N) is 1. The van der Waals surface area contributed by atoms with E-state index in [9.17, 15) is 14.7 Å². The highest BCUT2D eigenvalue weighted by Crippen LogP contribution is 2.49.